The molecule has 1 unspecified atom stereocenters. The van der Waals surface area contributed by atoms with Crippen LogP contribution in [0.5, 0.6) is 17.2 Å². The number of carbonyl (C=O) groups is 1. The molecule has 0 saturated carbocycles. The zero-order valence-electron chi connectivity index (χ0n) is 15.4. The molecule has 0 aliphatic heterocycles. The maximum atomic E-state index is 12.8. The van der Waals surface area contributed by atoms with E-state index in [4.69, 9.17) is 14.2 Å². The Hall–Kier alpha value is -2.06. The van der Waals surface area contributed by atoms with Crippen LogP contribution in [0.15, 0.2) is 36.4 Å². The molecule has 5 heteroatoms. The van der Waals surface area contributed by atoms with Gasteiger partial charge in [-0.1, -0.05) is 26.0 Å². The molecular weight excluding hydrogens is 335 g/mol. The number of ether oxygens (including phenoxy) is 3. The fourth-order valence-corrected chi connectivity index (χ4v) is 3.44. The van der Waals surface area contributed by atoms with Crippen LogP contribution in [0.3, 0.4) is 0 Å². The second-order valence-electron chi connectivity index (χ2n) is 6.17. The number of hydrogen-bond acceptors (Lipinski definition) is 4. The summed E-state index contributed by atoms with van der Waals surface area (Å²) in [4.78, 5) is 12.8. The summed E-state index contributed by atoms with van der Waals surface area (Å²) < 4.78 is 16.4. The van der Waals surface area contributed by atoms with Gasteiger partial charge in [-0.2, -0.15) is 0 Å². The lowest BCUT2D eigenvalue weighted by atomic mass is 10.2. The molecule has 134 valence electrons. The second kappa shape index (κ2) is 8.87. The molecule has 25 heavy (non-hydrogen) atoms. The van der Waals surface area contributed by atoms with E-state index >= 15 is 0 Å². The summed E-state index contributed by atoms with van der Waals surface area (Å²) in [6.07, 6.45) is 0. The van der Waals surface area contributed by atoms with Gasteiger partial charge in [-0.25, -0.2) is 0 Å². The number of benzene rings is 2. The van der Waals surface area contributed by atoms with Gasteiger partial charge < -0.3 is 14.2 Å². The highest BCUT2D eigenvalue weighted by molar-refractivity contribution is 7.66. The van der Waals surface area contributed by atoms with E-state index in [2.05, 4.69) is 13.8 Å². The number of rotatable bonds is 8. The summed E-state index contributed by atoms with van der Waals surface area (Å²) in [5.74, 6) is 2.38. The summed E-state index contributed by atoms with van der Waals surface area (Å²) in [6, 6.07) is 11.2. The van der Waals surface area contributed by atoms with Crippen molar-refractivity contribution in [2.45, 2.75) is 20.8 Å². The minimum absolute atomic E-state index is 0.00625. The van der Waals surface area contributed by atoms with Gasteiger partial charge in [0.05, 0.1) is 20.8 Å². The third-order valence-electron chi connectivity index (χ3n) is 3.68. The third kappa shape index (κ3) is 4.96. The maximum Gasteiger partial charge on any atom is 0.193 e. The van der Waals surface area contributed by atoms with Crippen LogP contribution in [0.2, 0.25) is 0 Å². The van der Waals surface area contributed by atoms with Crippen LogP contribution < -0.4 is 19.5 Å². The van der Waals surface area contributed by atoms with Crippen molar-refractivity contribution < 1.29 is 19.0 Å². The van der Waals surface area contributed by atoms with E-state index in [1.807, 2.05) is 31.2 Å². The highest BCUT2D eigenvalue weighted by Gasteiger charge is 2.19. The smallest absolute Gasteiger partial charge is 0.193 e. The first-order chi connectivity index (χ1) is 12.0. The highest BCUT2D eigenvalue weighted by Crippen LogP contribution is 2.34. The first-order valence-electron chi connectivity index (χ1n) is 8.22. The van der Waals surface area contributed by atoms with E-state index in [0.717, 1.165) is 16.6 Å². The fraction of sp³-hybridized carbons (Fsp3) is 0.350. The Morgan fingerprint density at radius 1 is 1.08 bits per heavy atom. The molecule has 1 atom stereocenters. The SMILES string of the molecule is COc1cccc(OC)c1C(=O)Pc1ccc(OCC(C)C)cc1C. The van der Waals surface area contributed by atoms with E-state index in [0.29, 0.717) is 29.6 Å². The molecule has 0 heterocycles. The Bertz CT molecular complexity index is 718. The first kappa shape index (κ1) is 19.3. The van der Waals surface area contributed by atoms with E-state index in [-0.39, 0.29) is 14.1 Å². The van der Waals surface area contributed by atoms with Crippen LogP contribution in [-0.4, -0.2) is 26.4 Å². The number of carbonyl (C=O) groups excluding carboxylic acids is 1. The standard InChI is InChI=1S/C20H25O4P/c1-13(2)12-24-15-9-10-18(14(3)11-15)25-20(21)19-16(22-4)7-6-8-17(19)23-5/h6-11,13,25H,12H2,1-5H3. The van der Waals surface area contributed by atoms with E-state index in [1.165, 1.54) is 0 Å². The fourth-order valence-electron chi connectivity index (χ4n) is 2.39. The third-order valence-corrected chi connectivity index (χ3v) is 4.99. The Morgan fingerprint density at radius 2 is 1.72 bits per heavy atom. The van der Waals surface area contributed by atoms with Crippen LogP contribution in [0, 0.1) is 12.8 Å². The van der Waals surface area contributed by atoms with Crippen molar-refractivity contribution in [3.05, 3.63) is 47.5 Å². The lowest BCUT2D eigenvalue weighted by molar-refractivity contribution is 0.108. The summed E-state index contributed by atoms with van der Waals surface area (Å²) in [5, 5.41) is 0.995. The molecule has 0 aromatic heterocycles. The van der Waals surface area contributed by atoms with Gasteiger partial charge >= 0.3 is 0 Å². The minimum Gasteiger partial charge on any atom is -0.496 e. The van der Waals surface area contributed by atoms with Gasteiger partial charge in [0.1, 0.15) is 22.8 Å². The molecule has 2 rings (SSSR count). The number of hydrogen-bond donors (Lipinski definition) is 0. The Kier molecular flexibility index (Phi) is 6.83. The molecule has 2 aromatic carbocycles. The largest absolute Gasteiger partial charge is 0.496 e. The van der Waals surface area contributed by atoms with Crippen LogP contribution >= 0.6 is 8.58 Å². The van der Waals surface area contributed by atoms with E-state index in [1.54, 1.807) is 26.4 Å². The van der Waals surface area contributed by atoms with Gasteiger partial charge in [0, 0.05) is 0 Å². The molecule has 2 aromatic rings. The van der Waals surface area contributed by atoms with E-state index in [9.17, 15) is 4.79 Å². The zero-order chi connectivity index (χ0) is 18.4. The van der Waals surface area contributed by atoms with Crippen molar-refractivity contribution in [3.8, 4) is 17.2 Å². The van der Waals surface area contributed by atoms with Crippen molar-refractivity contribution in [2.75, 3.05) is 20.8 Å². The molecule has 0 aliphatic carbocycles. The average molecular weight is 360 g/mol. The van der Waals surface area contributed by atoms with Crippen LogP contribution in [0.25, 0.3) is 0 Å². The van der Waals surface area contributed by atoms with Crippen molar-refractivity contribution in [3.63, 3.8) is 0 Å². The molecule has 0 radical (unpaired) electrons. The van der Waals surface area contributed by atoms with E-state index < -0.39 is 0 Å². The van der Waals surface area contributed by atoms with Crippen LogP contribution in [0.4, 0.5) is 0 Å². The van der Waals surface area contributed by atoms with Gasteiger partial charge in [-0.05, 0) is 56.6 Å². The second-order valence-corrected chi connectivity index (χ2v) is 7.42. The minimum atomic E-state index is -0.00734. The first-order valence-corrected chi connectivity index (χ1v) is 9.22. The molecule has 0 spiro atoms. The van der Waals surface area contributed by atoms with Crippen molar-refractivity contribution in [1.82, 2.24) is 0 Å². The van der Waals surface area contributed by atoms with Gasteiger partial charge in [-0.15, -0.1) is 0 Å². The summed E-state index contributed by atoms with van der Waals surface area (Å²) >= 11 is 0. The number of aryl methyl sites for hydroxylation is 1. The Labute approximate surface area is 151 Å². The normalized spacial score (nSPS) is 11.1. The lowest BCUT2D eigenvalue weighted by Gasteiger charge is -2.14. The summed E-state index contributed by atoms with van der Waals surface area (Å²) in [7, 11) is 3.11. The molecule has 0 fully saturated rings. The quantitative estimate of drug-likeness (QED) is 0.662. The predicted molar refractivity (Wildman–Crippen MR) is 103 cm³/mol. The van der Waals surface area contributed by atoms with Crippen molar-refractivity contribution in [1.29, 1.82) is 0 Å². The van der Waals surface area contributed by atoms with Gasteiger partial charge in [0.15, 0.2) is 5.52 Å². The Balaban J connectivity index is 2.21. The highest BCUT2D eigenvalue weighted by atomic mass is 31.1. The number of methoxy groups -OCH3 is 2. The molecule has 0 aliphatic rings. The van der Waals surface area contributed by atoms with Gasteiger partial charge in [-0.3, -0.25) is 4.79 Å². The molecule has 0 N–H and O–H groups in total. The zero-order valence-corrected chi connectivity index (χ0v) is 16.4. The summed E-state index contributed by atoms with van der Waals surface area (Å²) in [5.41, 5.74) is 1.53. The van der Waals surface area contributed by atoms with Gasteiger partial charge in [0.2, 0.25) is 0 Å². The lowest BCUT2D eigenvalue weighted by Crippen LogP contribution is -2.09. The molecule has 0 saturated heterocycles. The van der Waals surface area contributed by atoms with Crippen molar-refractivity contribution >= 4 is 19.4 Å². The molecular formula is C20H25O4P. The van der Waals surface area contributed by atoms with Crippen LogP contribution in [0.1, 0.15) is 29.8 Å². The van der Waals surface area contributed by atoms with Crippen molar-refractivity contribution in [2.24, 2.45) is 5.92 Å². The average Bonchev–Trinajstić information content (AvgIpc) is 2.60. The maximum absolute atomic E-state index is 12.8. The van der Waals surface area contributed by atoms with Crippen LogP contribution in [-0.2, 0) is 0 Å². The molecule has 0 bridgehead atoms. The topological polar surface area (TPSA) is 44.8 Å². The Morgan fingerprint density at radius 3 is 2.24 bits per heavy atom. The molecule has 0 amide bonds. The van der Waals surface area contributed by atoms with Gasteiger partial charge in [0.25, 0.3) is 0 Å². The summed E-state index contributed by atoms with van der Waals surface area (Å²) in [6.45, 7) is 6.90. The predicted octanol–water partition coefficient (Wildman–Crippen LogP) is 4.19. The molecule has 4 nitrogen and oxygen atoms in total. The monoisotopic (exact) mass is 360 g/mol.